The lowest BCUT2D eigenvalue weighted by Crippen LogP contribution is -2.47. The summed E-state index contributed by atoms with van der Waals surface area (Å²) in [7, 11) is 1.73. The number of ether oxygens (including phenoxy) is 1. The summed E-state index contributed by atoms with van der Waals surface area (Å²) in [5.74, 6) is 2.72. The molecule has 136 valence electrons. The first-order valence-electron chi connectivity index (χ1n) is 9.05. The van der Waals surface area contributed by atoms with Crippen LogP contribution < -0.4 is 14.5 Å². The smallest absolute Gasteiger partial charge is 0.254 e. The highest BCUT2D eigenvalue weighted by atomic mass is 16.5. The first kappa shape index (κ1) is 16.6. The maximum Gasteiger partial charge on any atom is 0.254 e. The van der Waals surface area contributed by atoms with Gasteiger partial charge >= 0.3 is 0 Å². The third-order valence-corrected chi connectivity index (χ3v) is 5.06. The highest BCUT2D eigenvalue weighted by molar-refractivity contribution is 5.61. The van der Waals surface area contributed by atoms with Gasteiger partial charge in [0.1, 0.15) is 17.9 Å². The van der Waals surface area contributed by atoms with E-state index in [1.807, 2.05) is 16.6 Å². The van der Waals surface area contributed by atoms with Crippen LogP contribution in [0.1, 0.15) is 18.2 Å². The minimum absolute atomic E-state index is 0.668. The molecule has 1 aliphatic rings. The van der Waals surface area contributed by atoms with Crippen molar-refractivity contribution in [2.75, 3.05) is 43.1 Å². The van der Waals surface area contributed by atoms with E-state index in [1.54, 1.807) is 13.4 Å². The van der Waals surface area contributed by atoms with Gasteiger partial charge in [0.25, 0.3) is 5.78 Å². The fraction of sp³-hybridized carbons (Fsp3) is 0.421. The summed E-state index contributed by atoms with van der Waals surface area (Å²) < 4.78 is 7.40. The predicted octanol–water partition coefficient (Wildman–Crippen LogP) is 2.33. The molecule has 0 unspecified atom stereocenters. The zero-order valence-electron chi connectivity index (χ0n) is 15.5. The largest absolute Gasteiger partial charge is 0.495 e. The average Bonchev–Trinajstić information content (AvgIpc) is 3.15. The van der Waals surface area contributed by atoms with Crippen LogP contribution in [-0.4, -0.2) is 52.9 Å². The van der Waals surface area contributed by atoms with Gasteiger partial charge in [-0.05, 0) is 25.5 Å². The van der Waals surface area contributed by atoms with E-state index in [4.69, 9.17) is 4.74 Å². The Hall–Kier alpha value is -2.83. The van der Waals surface area contributed by atoms with Gasteiger partial charge in [-0.3, -0.25) is 0 Å². The van der Waals surface area contributed by atoms with Crippen LogP contribution in [0, 0.1) is 6.92 Å². The van der Waals surface area contributed by atoms with Gasteiger partial charge in [0.15, 0.2) is 0 Å². The molecule has 1 aliphatic heterocycles. The lowest BCUT2D eigenvalue weighted by atomic mass is 10.1. The number of nitrogens with zero attached hydrogens (tertiary/aromatic N) is 6. The number of rotatable bonds is 4. The van der Waals surface area contributed by atoms with Gasteiger partial charge in [0.05, 0.1) is 12.8 Å². The Labute approximate surface area is 153 Å². The van der Waals surface area contributed by atoms with Crippen LogP contribution in [0.3, 0.4) is 0 Å². The Balaban J connectivity index is 1.63. The number of para-hydroxylation sites is 2. The van der Waals surface area contributed by atoms with Crippen molar-refractivity contribution in [3.05, 3.63) is 41.9 Å². The predicted molar refractivity (Wildman–Crippen MR) is 102 cm³/mol. The van der Waals surface area contributed by atoms with Crippen molar-refractivity contribution >= 4 is 17.3 Å². The molecule has 0 N–H and O–H groups in total. The van der Waals surface area contributed by atoms with E-state index in [-0.39, 0.29) is 0 Å². The molecule has 0 spiro atoms. The fourth-order valence-electron chi connectivity index (χ4n) is 3.76. The molecule has 1 aromatic carbocycles. The summed E-state index contributed by atoms with van der Waals surface area (Å²) in [6.07, 6.45) is 2.51. The number of aromatic nitrogens is 4. The number of methoxy groups -OCH3 is 1. The van der Waals surface area contributed by atoms with Gasteiger partial charge < -0.3 is 14.5 Å². The number of piperazine rings is 1. The molecule has 26 heavy (non-hydrogen) atoms. The third kappa shape index (κ3) is 2.73. The third-order valence-electron chi connectivity index (χ3n) is 5.06. The number of aryl methyl sites for hydroxylation is 1. The Morgan fingerprint density at radius 3 is 2.54 bits per heavy atom. The number of fused-ring (bicyclic) bond motifs is 1. The average molecular weight is 352 g/mol. The first-order chi connectivity index (χ1) is 12.7. The topological polar surface area (TPSA) is 58.8 Å². The quantitative estimate of drug-likeness (QED) is 0.718. The molecule has 4 rings (SSSR count). The SMILES string of the molecule is CCc1c(C)nc2ncnn2c1N1CCN(c2ccccc2OC)CC1. The highest BCUT2D eigenvalue weighted by Crippen LogP contribution is 2.30. The van der Waals surface area contributed by atoms with Crippen LogP contribution in [0.4, 0.5) is 11.5 Å². The number of anilines is 2. The minimum atomic E-state index is 0.668. The Kier molecular flexibility index (Phi) is 4.36. The molecule has 1 saturated heterocycles. The summed E-state index contributed by atoms with van der Waals surface area (Å²) >= 11 is 0. The summed E-state index contributed by atoms with van der Waals surface area (Å²) in [4.78, 5) is 13.7. The van der Waals surface area contributed by atoms with Gasteiger partial charge in [-0.2, -0.15) is 14.6 Å². The van der Waals surface area contributed by atoms with E-state index in [2.05, 4.69) is 50.8 Å². The molecule has 0 aliphatic carbocycles. The lowest BCUT2D eigenvalue weighted by molar-refractivity contribution is 0.413. The monoisotopic (exact) mass is 352 g/mol. The molecule has 1 fully saturated rings. The summed E-state index contributed by atoms with van der Waals surface area (Å²) in [5, 5.41) is 4.42. The van der Waals surface area contributed by atoms with Gasteiger partial charge in [-0.1, -0.05) is 19.1 Å². The number of hydrogen-bond acceptors (Lipinski definition) is 6. The van der Waals surface area contributed by atoms with Crippen molar-refractivity contribution in [3.8, 4) is 5.75 Å². The molecule has 0 bridgehead atoms. The Bertz CT molecular complexity index is 914. The summed E-state index contributed by atoms with van der Waals surface area (Å²) in [6.45, 7) is 7.93. The van der Waals surface area contributed by atoms with E-state index in [0.29, 0.717) is 5.78 Å². The van der Waals surface area contributed by atoms with Crippen molar-refractivity contribution in [1.29, 1.82) is 0 Å². The second kappa shape index (κ2) is 6.82. The molecule has 0 atom stereocenters. The van der Waals surface area contributed by atoms with Crippen LogP contribution in [-0.2, 0) is 6.42 Å². The number of hydrogen-bond donors (Lipinski definition) is 0. The zero-order valence-corrected chi connectivity index (χ0v) is 15.5. The lowest BCUT2D eigenvalue weighted by Gasteiger charge is -2.38. The Morgan fingerprint density at radius 1 is 1.08 bits per heavy atom. The van der Waals surface area contributed by atoms with Crippen molar-refractivity contribution in [1.82, 2.24) is 19.6 Å². The van der Waals surface area contributed by atoms with Gasteiger partial charge in [-0.15, -0.1) is 0 Å². The zero-order chi connectivity index (χ0) is 18.1. The number of benzene rings is 1. The molecular weight excluding hydrogens is 328 g/mol. The van der Waals surface area contributed by atoms with Crippen molar-refractivity contribution in [2.24, 2.45) is 0 Å². The van der Waals surface area contributed by atoms with Crippen molar-refractivity contribution < 1.29 is 4.74 Å². The van der Waals surface area contributed by atoms with Crippen LogP contribution in [0.25, 0.3) is 5.78 Å². The van der Waals surface area contributed by atoms with Gasteiger partial charge in [0.2, 0.25) is 0 Å². The van der Waals surface area contributed by atoms with Crippen molar-refractivity contribution in [2.45, 2.75) is 20.3 Å². The molecule has 0 radical (unpaired) electrons. The molecular formula is C19H24N6O. The van der Waals surface area contributed by atoms with Crippen LogP contribution in [0.5, 0.6) is 5.75 Å². The van der Waals surface area contributed by atoms with E-state index in [9.17, 15) is 0 Å². The summed E-state index contributed by atoms with van der Waals surface area (Å²) in [5.41, 5.74) is 3.44. The maximum atomic E-state index is 5.52. The van der Waals surface area contributed by atoms with E-state index in [0.717, 1.165) is 55.5 Å². The maximum absolute atomic E-state index is 5.52. The minimum Gasteiger partial charge on any atom is -0.495 e. The van der Waals surface area contributed by atoms with Crippen LogP contribution >= 0.6 is 0 Å². The fourth-order valence-corrected chi connectivity index (χ4v) is 3.76. The van der Waals surface area contributed by atoms with E-state index < -0.39 is 0 Å². The molecule has 7 nitrogen and oxygen atoms in total. The molecule has 7 heteroatoms. The van der Waals surface area contributed by atoms with Crippen LogP contribution in [0.15, 0.2) is 30.6 Å². The van der Waals surface area contributed by atoms with Gasteiger partial charge in [-0.25, -0.2) is 4.98 Å². The first-order valence-corrected chi connectivity index (χ1v) is 9.05. The van der Waals surface area contributed by atoms with Gasteiger partial charge in [0, 0.05) is 37.4 Å². The van der Waals surface area contributed by atoms with Crippen LogP contribution in [0.2, 0.25) is 0 Å². The molecule has 2 aromatic heterocycles. The van der Waals surface area contributed by atoms with E-state index >= 15 is 0 Å². The van der Waals surface area contributed by atoms with E-state index in [1.165, 1.54) is 5.56 Å². The molecule has 3 aromatic rings. The second-order valence-corrected chi connectivity index (χ2v) is 6.47. The molecule has 0 amide bonds. The molecule has 3 heterocycles. The Morgan fingerprint density at radius 2 is 1.81 bits per heavy atom. The highest BCUT2D eigenvalue weighted by Gasteiger charge is 2.24. The normalized spacial score (nSPS) is 14.9. The standard InChI is InChI=1S/C19H24N6O/c1-4-15-14(2)22-19-20-13-21-25(19)18(15)24-11-9-23(10-12-24)16-7-5-6-8-17(16)26-3/h5-8,13H,4,9-12H2,1-3H3. The summed E-state index contributed by atoms with van der Waals surface area (Å²) in [6, 6.07) is 8.21. The van der Waals surface area contributed by atoms with Crippen molar-refractivity contribution in [3.63, 3.8) is 0 Å². The second-order valence-electron chi connectivity index (χ2n) is 6.47. The molecule has 0 saturated carbocycles.